The second-order valence-electron chi connectivity index (χ2n) is 3.95. The molecule has 0 aromatic heterocycles. The van der Waals surface area contributed by atoms with Crippen molar-refractivity contribution in [1.29, 1.82) is 0 Å². The predicted molar refractivity (Wildman–Crippen MR) is 54.9 cm³/mol. The van der Waals surface area contributed by atoms with Crippen LogP contribution >= 0.6 is 0 Å². The fourth-order valence-corrected chi connectivity index (χ4v) is 1.52. The molecule has 0 radical (unpaired) electrons. The molecule has 1 aliphatic heterocycles. The molecular weight excluding hydrogens is 180 g/mol. The summed E-state index contributed by atoms with van der Waals surface area (Å²) in [5.74, 6) is -0.248. The average Bonchev–Trinajstić information content (AvgIpc) is 2.20. The topological polar surface area (TPSA) is 55.6 Å². The lowest BCUT2D eigenvalue weighted by molar-refractivity contribution is -0.152. The first-order valence-corrected chi connectivity index (χ1v) is 5.28. The minimum Gasteiger partial charge on any atom is -0.461 e. The van der Waals surface area contributed by atoms with Gasteiger partial charge in [0.1, 0.15) is 12.1 Å². The van der Waals surface area contributed by atoms with Crippen molar-refractivity contribution in [3.8, 4) is 0 Å². The lowest BCUT2D eigenvalue weighted by Gasteiger charge is -2.29. The number of rotatable bonds is 3. The number of hydrogen-bond donors (Lipinski definition) is 1. The number of nitrogens with two attached hydrogens (primary N) is 1. The quantitative estimate of drug-likeness (QED) is 0.668. The maximum Gasteiger partial charge on any atom is 0.323 e. The predicted octanol–water partition coefficient (Wildman–Crippen LogP) is 0.361. The Morgan fingerprint density at radius 2 is 2.14 bits per heavy atom. The van der Waals surface area contributed by atoms with Gasteiger partial charge in [0.15, 0.2) is 0 Å². The summed E-state index contributed by atoms with van der Waals surface area (Å²) in [5, 5.41) is 0. The molecule has 14 heavy (non-hydrogen) atoms. The molecule has 1 fully saturated rings. The Morgan fingerprint density at radius 1 is 1.57 bits per heavy atom. The lowest BCUT2D eigenvalue weighted by atomic mass is 10.1. The van der Waals surface area contributed by atoms with Gasteiger partial charge in [-0.15, -0.1) is 0 Å². The Bertz CT molecular complexity index is 189. The fourth-order valence-electron chi connectivity index (χ4n) is 1.52. The van der Waals surface area contributed by atoms with Crippen LogP contribution in [-0.2, 0) is 9.53 Å². The van der Waals surface area contributed by atoms with Crippen LogP contribution in [0.3, 0.4) is 0 Å². The van der Waals surface area contributed by atoms with Gasteiger partial charge in [0, 0.05) is 13.1 Å². The molecule has 1 atom stereocenters. The van der Waals surface area contributed by atoms with Crippen LogP contribution in [0, 0.1) is 0 Å². The van der Waals surface area contributed by atoms with Gasteiger partial charge in [0.2, 0.25) is 0 Å². The number of likely N-dealkylation sites (tertiary alicyclic amines) is 1. The molecule has 2 N–H and O–H groups in total. The number of esters is 1. The van der Waals surface area contributed by atoms with Gasteiger partial charge >= 0.3 is 5.97 Å². The minimum atomic E-state index is -0.449. The van der Waals surface area contributed by atoms with Crippen LogP contribution in [0.2, 0.25) is 0 Å². The standard InChI is InChI=1S/C10H20N2O2/c1-3-9(11)10(13)14-8-4-6-12(2)7-5-8/h8-9H,3-7,11H2,1-2H3/t9-/m0/s1. The van der Waals surface area contributed by atoms with Crippen molar-refractivity contribution >= 4 is 5.97 Å². The highest BCUT2D eigenvalue weighted by atomic mass is 16.5. The smallest absolute Gasteiger partial charge is 0.323 e. The number of piperidine rings is 1. The van der Waals surface area contributed by atoms with Gasteiger partial charge in [0.25, 0.3) is 0 Å². The third kappa shape index (κ3) is 3.27. The van der Waals surface area contributed by atoms with Crippen molar-refractivity contribution in [1.82, 2.24) is 4.90 Å². The van der Waals surface area contributed by atoms with Crippen molar-refractivity contribution < 1.29 is 9.53 Å². The van der Waals surface area contributed by atoms with Crippen LogP contribution < -0.4 is 5.73 Å². The van der Waals surface area contributed by atoms with E-state index in [9.17, 15) is 4.79 Å². The van der Waals surface area contributed by atoms with E-state index in [-0.39, 0.29) is 12.1 Å². The Morgan fingerprint density at radius 3 is 2.64 bits per heavy atom. The first-order chi connectivity index (χ1) is 6.63. The van der Waals surface area contributed by atoms with E-state index in [2.05, 4.69) is 11.9 Å². The first-order valence-electron chi connectivity index (χ1n) is 5.28. The van der Waals surface area contributed by atoms with Gasteiger partial charge in [0.05, 0.1) is 0 Å². The van der Waals surface area contributed by atoms with Crippen LogP contribution in [0.15, 0.2) is 0 Å². The molecule has 0 amide bonds. The van der Waals surface area contributed by atoms with Gasteiger partial charge in [-0.25, -0.2) is 0 Å². The molecular formula is C10H20N2O2. The Kier molecular flexibility index (Phi) is 4.35. The van der Waals surface area contributed by atoms with E-state index in [0.717, 1.165) is 25.9 Å². The molecule has 4 nitrogen and oxygen atoms in total. The minimum absolute atomic E-state index is 0.0799. The molecule has 0 aromatic carbocycles. The molecule has 0 aromatic rings. The van der Waals surface area contributed by atoms with E-state index in [1.165, 1.54) is 0 Å². The molecule has 4 heteroatoms. The van der Waals surface area contributed by atoms with Crippen molar-refractivity contribution in [2.24, 2.45) is 5.73 Å². The van der Waals surface area contributed by atoms with E-state index in [4.69, 9.17) is 10.5 Å². The number of carbonyl (C=O) groups is 1. The van der Waals surface area contributed by atoms with Crippen LogP contribution in [0.25, 0.3) is 0 Å². The lowest BCUT2D eigenvalue weighted by Crippen LogP contribution is -2.39. The van der Waals surface area contributed by atoms with Gasteiger partial charge < -0.3 is 15.4 Å². The van der Waals surface area contributed by atoms with Gasteiger partial charge in [-0.1, -0.05) is 6.92 Å². The van der Waals surface area contributed by atoms with Crippen LogP contribution in [0.5, 0.6) is 0 Å². The molecule has 82 valence electrons. The maximum atomic E-state index is 11.4. The van der Waals surface area contributed by atoms with Crippen LogP contribution in [0.1, 0.15) is 26.2 Å². The fraction of sp³-hybridized carbons (Fsp3) is 0.900. The zero-order chi connectivity index (χ0) is 10.6. The second-order valence-corrected chi connectivity index (χ2v) is 3.95. The summed E-state index contributed by atoms with van der Waals surface area (Å²) in [5.41, 5.74) is 5.58. The van der Waals surface area contributed by atoms with Crippen molar-refractivity contribution in [3.63, 3.8) is 0 Å². The third-order valence-electron chi connectivity index (χ3n) is 2.69. The summed E-state index contributed by atoms with van der Waals surface area (Å²) in [7, 11) is 2.08. The highest BCUT2D eigenvalue weighted by Crippen LogP contribution is 2.12. The number of nitrogens with zero attached hydrogens (tertiary/aromatic N) is 1. The van der Waals surface area contributed by atoms with E-state index in [1.807, 2.05) is 6.92 Å². The summed E-state index contributed by atoms with van der Waals surface area (Å²) in [6, 6.07) is -0.449. The summed E-state index contributed by atoms with van der Waals surface area (Å²) < 4.78 is 5.30. The van der Waals surface area contributed by atoms with E-state index in [0.29, 0.717) is 6.42 Å². The van der Waals surface area contributed by atoms with Crippen molar-refractivity contribution in [2.45, 2.75) is 38.3 Å². The molecule has 1 rings (SSSR count). The monoisotopic (exact) mass is 200 g/mol. The molecule has 1 heterocycles. The van der Waals surface area contributed by atoms with Crippen molar-refractivity contribution in [2.75, 3.05) is 20.1 Å². The van der Waals surface area contributed by atoms with Gasteiger partial charge in [-0.05, 0) is 26.3 Å². The average molecular weight is 200 g/mol. The van der Waals surface area contributed by atoms with E-state index >= 15 is 0 Å². The van der Waals surface area contributed by atoms with Crippen LogP contribution in [0.4, 0.5) is 0 Å². The van der Waals surface area contributed by atoms with Gasteiger partial charge in [-0.2, -0.15) is 0 Å². The Labute approximate surface area is 85.4 Å². The van der Waals surface area contributed by atoms with Crippen LogP contribution in [-0.4, -0.2) is 43.2 Å². The highest BCUT2D eigenvalue weighted by Gasteiger charge is 2.22. The molecule has 0 bridgehead atoms. The zero-order valence-electron chi connectivity index (χ0n) is 9.03. The van der Waals surface area contributed by atoms with Crippen molar-refractivity contribution in [3.05, 3.63) is 0 Å². The highest BCUT2D eigenvalue weighted by molar-refractivity contribution is 5.75. The Balaban J connectivity index is 2.27. The molecule has 0 saturated carbocycles. The molecule has 0 spiro atoms. The number of hydrogen-bond acceptors (Lipinski definition) is 4. The Hall–Kier alpha value is -0.610. The molecule has 1 aliphatic rings. The second kappa shape index (κ2) is 5.32. The number of ether oxygens (including phenoxy) is 1. The summed E-state index contributed by atoms with van der Waals surface area (Å²) in [6.45, 7) is 3.89. The number of carbonyl (C=O) groups excluding carboxylic acids is 1. The van der Waals surface area contributed by atoms with Gasteiger partial charge in [-0.3, -0.25) is 4.79 Å². The normalized spacial score (nSPS) is 21.9. The summed E-state index contributed by atoms with van der Waals surface area (Å²) in [4.78, 5) is 13.6. The summed E-state index contributed by atoms with van der Waals surface area (Å²) in [6.07, 6.45) is 2.58. The third-order valence-corrected chi connectivity index (χ3v) is 2.69. The first kappa shape index (κ1) is 11.5. The molecule has 0 aliphatic carbocycles. The molecule has 0 unspecified atom stereocenters. The molecule has 1 saturated heterocycles. The largest absolute Gasteiger partial charge is 0.461 e. The van der Waals surface area contributed by atoms with E-state index < -0.39 is 6.04 Å². The maximum absolute atomic E-state index is 11.4. The zero-order valence-corrected chi connectivity index (χ0v) is 9.03. The summed E-state index contributed by atoms with van der Waals surface area (Å²) >= 11 is 0. The van der Waals surface area contributed by atoms with E-state index in [1.54, 1.807) is 0 Å². The SMILES string of the molecule is CC[C@H](N)C(=O)OC1CCN(C)CC1.